The van der Waals surface area contributed by atoms with Crippen molar-refractivity contribution in [2.45, 2.75) is 20.0 Å². The maximum atomic E-state index is 12.2. The Balaban J connectivity index is 2.28. The third-order valence-electron chi connectivity index (χ3n) is 3.11. The fourth-order valence-electron chi connectivity index (χ4n) is 2.18. The van der Waals surface area contributed by atoms with Gasteiger partial charge in [0.05, 0.1) is 29.3 Å². The summed E-state index contributed by atoms with van der Waals surface area (Å²) >= 11 is 0. The largest absolute Gasteiger partial charge is 0.478 e. The molecule has 0 saturated carbocycles. The van der Waals surface area contributed by atoms with Crippen LogP contribution < -0.4 is 0 Å². The minimum atomic E-state index is -1.13. The second kappa shape index (κ2) is 5.42. The lowest BCUT2D eigenvalue weighted by Gasteiger charge is -2.18. The summed E-state index contributed by atoms with van der Waals surface area (Å²) in [4.78, 5) is 36.3. The van der Waals surface area contributed by atoms with Crippen LogP contribution >= 0.6 is 0 Å². The molecule has 0 fully saturated rings. The van der Waals surface area contributed by atoms with Gasteiger partial charge in [-0.25, -0.2) is 4.79 Å². The maximum absolute atomic E-state index is 12.2. The highest BCUT2D eigenvalue weighted by molar-refractivity contribution is 6.21. The number of hydrogen-bond donors (Lipinski definition) is 1. The van der Waals surface area contributed by atoms with Crippen LogP contribution in [0.1, 0.15) is 44.9 Å². The standard InChI is InChI=1S/C14H15NO5/c1-3-20-8(2)7-15-12(16)10-5-4-9(14(18)19)6-11(10)13(15)17/h4-6,8H,3,7H2,1-2H3,(H,18,19). The van der Waals surface area contributed by atoms with Crippen LogP contribution in [-0.4, -0.2) is 47.0 Å². The van der Waals surface area contributed by atoms with Gasteiger partial charge in [-0.05, 0) is 32.0 Å². The van der Waals surface area contributed by atoms with Gasteiger partial charge in [0.25, 0.3) is 11.8 Å². The topological polar surface area (TPSA) is 83.9 Å². The van der Waals surface area contributed by atoms with Crippen molar-refractivity contribution in [1.82, 2.24) is 4.90 Å². The fourth-order valence-corrected chi connectivity index (χ4v) is 2.18. The summed E-state index contributed by atoms with van der Waals surface area (Å²) in [6, 6.07) is 3.94. The molecule has 2 rings (SSSR count). The minimum absolute atomic E-state index is 0.00962. The van der Waals surface area contributed by atoms with E-state index in [4.69, 9.17) is 9.84 Å². The van der Waals surface area contributed by atoms with Crippen molar-refractivity contribution in [3.05, 3.63) is 34.9 Å². The Kier molecular flexibility index (Phi) is 3.85. The predicted octanol–water partition coefficient (Wildman–Crippen LogP) is 1.41. The number of nitrogens with zero attached hydrogens (tertiary/aromatic N) is 1. The molecular formula is C14H15NO5. The van der Waals surface area contributed by atoms with E-state index in [1.165, 1.54) is 18.2 Å². The first kappa shape index (κ1) is 14.2. The lowest BCUT2D eigenvalue weighted by Crippen LogP contribution is -2.36. The summed E-state index contributed by atoms with van der Waals surface area (Å²) < 4.78 is 5.32. The molecule has 1 aliphatic heterocycles. The molecule has 0 bridgehead atoms. The maximum Gasteiger partial charge on any atom is 0.335 e. The van der Waals surface area contributed by atoms with Gasteiger partial charge in [0.15, 0.2) is 0 Å². The van der Waals surface area contributed by atoms with Gasteiger partial charge in [-0.3, -0.25) is 14.5 Å². The Bertz CT molecular complexity index is 581. The van der Waals surface area contributed by atoms with E-state index < -0.39 is 17.8 Å². The Morgan fingerprint density at radius 3 is 2.55 bits per heavy atom. The van der Waals surface area contributed by atoms with E-state index in [2.05, 4.69) is 0 Å². The first-order valence-electron chi connectivity index (χ1n) is 6.30. The second-order valence-corrected chi connectivity index (χ2v) is 4.55. The van der Waals surface area contributed by atoms with E-state index in [9.17, 15) is 14.4 Å². The zero-order chi connectivity index (χ0) is 14.9. The summed E-state index contributed by atoms with van der Waals surface area (Å²) in [6.07, 6.45) is -0.263. The van der Waals surface area contributed by atoms with Crippen molar-refractivity contribution in [2.24, 2.45) is 0 Å². The minimum Gasteiger partial charge on any atom is -0.478 e. The fraction of sp³-hybridized carbons (Fsp3) is 0.357. The molecule has 1 unspecified atom stereocenters. The summed E-state index contributed by atoms with van der Waals surface area (Å²) in [7, 11) is 0. The average molecular weight is 277 g/mol. The van der Waals surface area contributed by atoms with Crippen molar-refractivity contribution < 1.29 is 24.2 Å². The Labute approximate surface area is 115 Å². The van der Waals surface area contributed by atoms with Crippen LogP contribution in [0, 0.1) is 0 Å². The SMILES string of the molecule is CCOC(C)CN1C(=O)c2ccc(C(=O)O)cc2C1=O. The van der Waals surface area contributed by atoms with Crippen LogP contribution in [0.2, 0.25) is 0 Å². The van der Waals surface area contributed by atoms with Gasteiger partial charge in [0, 0.05) is 6.61 Å². The normalized spacial score (nSPS) is 15.4. The number of hydrogen-bond acceptors (Lipinski definition) is 4. The summed E-state index contributed by atoms with van der Waals surface area (Å²) in [5, 5.41) is 8.92. The number of ether oxygens (including phenoxy) is 1. The molecule has 0 radical (unpaired) electrons. The van der Waals surface area contributed by atoms with E-state index in [0.717, 1.165) is 4.90 Å². The molecule has 6 nitrogen and oxygen atoms in total. The van der Waals surface area contributed by atoms with Crippen molar-refractivity contribution in [3.8, 4) is 0 Å². The van der Waals surface area contributed by atoms with Crippen LogP contribution in [-0.2, 0) is 4.74 Å². The van der Waals surface area contributed by atoms with Gasteiger partial charge < -0.3 is 9.84 Å². The number of carboxylic acids is 1. The molecule has 0 spiro atoms. The quantitative estimate of drug-likeness (QED) is 0.822. The number of carboxylic acid groups (broad SMARTS) is 1. The van der Waals surface area contributed by atoms with Gasteiger partial charge in [0.1, 0.15) is 0 Å². The molecule has 0 saturated heterocycles. The molecule has 1 N–H and O–H groups in total. The van der Waals surface area contributed by atoms with E-state index in [0.29, 0.717) is 6.61 Å². The molecule has 0 aliphatic carbocycles. The first-order valence-corrected chi connectivity index (χ1v) is 6.30. The molecule has 1 aromatic rings. The Morgan fingerprint density at radius 1 is 1.30 bits per heavy atom. The molecule has 1 heterocycles. The summed E-state index contributed by atoms with van der Waals surface area (Å²) in [6.45, 7) is 4.25. The highest BCUT2D eigenvalue weighted by atomic mass is 16.5. The molecule has 6 heteroatoms. The van der Waals surface area contributed by atoms with Crippen LogP contribution in [0.15, 0.2) is 18.2 Å². The molecule has 2 amide bonds. The van der Waals surface area contributed by atoms with Crippen LogP contribution in [0.5, 0.6) is 0 Å². The lowest BCUT2D eigenvalue weighted by atomic mass is 10.1. The van der Waals surface area contributed by atoms with E-state index in [-0.39, 0.29) is 29.3 Å². The number of fused-ring (bicyclic) bond motifs is 1. The zero-order valence-corrected chi connectivity index (χ0v) is 11.3. The predicted molar refractivity (Wildman–Crippen MR) is 69.9 cm³/mol. The summed E-state index contributed by atoms with van der Waals surface area (Å²) in [5.74, 6) is -2.01. The van der Waals surface area contributed by atoms with Gasteiger partial charge in [-0.2, -0.15) is 0 Å². The Morgan fingerprint density at radius 2 is 1.95 bits per heavy atom. The third-order valence-corrected chi connectivity index (χ3v) is 3.11. The van der Waals surface area contributed by atoms with E-state index >= 15 is 0 Å². The Hall–Kier alpha value is -2.21. The number of carbonyl (C=O) groups excluding carboxylic acids is 2. The number of carbonyl (C=O) groups is 3. The third kappa shape index (κ3) is 2.42. The second-order valence-electron chi connectivity index (χ2n) is 4.55. The number of aromatic carboxylic acids is 1. The highest BCUT2D eigenvalue weighted by Gasteiger charge is 2.36. The smallest absolute Gasteiger partial charge is 0.335 e. The van der Waals surface area contributed by atoms with Crippen LogP contribution in [0.25, 0.3) is 0 Å². The monoisotopic (exact) mass is 277 g/mol. The van der Waals surface area contributed by atoms with E-state index in [1.807, 2.05) is 6.92 Å². The molecule has 20 heavy (non-hydrogen) atoms. The lowest BCUT2D eigenvalue weighted by molar-refractivity contribution is 0.0364. The van der Waals surface area contributed by atoms with Crippen LogP contribution in [0.3, 0.4) is 0 Å². The van der Waals surface area contributed by atoms with Crippen molar-refractivity contribution in [2.75, 3.05) is 13.2 Å². The van der Waals surface area contributed by atoms with Gasteiger partial charge >= 0.3 is 5.97 Å². The molecule has 1 aromatic carbocycles. The molecule has 1 atom stereocenters. The molecular weight excluding hydrogens is 262 g/mol. The van der Waals surface area contributed by atoms with Crippen molar-refractivity contribution in [1.29, 1.82) is 0 Å². The zero-order valence-electron chi connectivity index (χ0n) is 11.3. The number of rotatable bonds is 5. The van der Waals surface area contributed by atoms with E-state index in [1.54, 1.807) is 6.92 Å². The first-order chi connectivity index (χ1) is 9.45. The number of benzene rings is 1. The van der Waals surface area contributed by atoms with Gasteiger partial charge in [0.2, 0.25) is 0 Å². The number of amides is 2. The van der Waals surface area contributed by atoms with Gasteiger partial charge in [-0.1, -0.05) is 0 Å². The summed E-state index contributed by atoms with van der Waals surface area (Å²) in [5.41, 5.74) is 0.368. The molecule has 0 aromatic heterocycles. The molecule has 106 valence electrons. The molecule has 1 aliphatic rings. The number of imide groups is 1. The van der Waals surface area contributed by atoms with Gasteiger partial charge in [-0.15, -0.1) is 0 Å². The van der Waals surface area contributed by atoms with Crippen molar-refractivity contribution in [3.63, 3.8) is 0 Å². The highest BCUT2D eigenvalue weighted by Crippen LogP contribution is 2.24. The van der Waals surface area contributed by atoms with Crippen LogP contribution in [0.4, 0.5) is 0 Å². The van der Waals surface area contributed by atoms with Crippen molar-refractivity contribution >= 4 is 17.8 Å². The average Bonchev–Trinajstić information content (AvgIpc) is 2.64.